The summed E-state index contributed by atoms with van der Waals surface area (Å²) in [7, 11) is 0. The zero-order valence-electron chi connectivity index (χ0n) is 16.8. The second-order valence-corrected chi connectivity index (χ2v) is 8.94. The lowest BCUT2D eigenvalue weighted by atomic mass is 9.80. The number of rotatable bonds is 2. The van der Waals surface area contributed by atoms with Crippen LogP contribution in [-0.4, -0.2) is 34.6 Å². The van der Waals surface area contributed by atoms with Crippen molar-refractivity contribution >= 4 is 6.03 Å². The van der Waals surface area contributed by atoms with Crippen molar-refractivity contribution in [1.29, 1.82) is 0 Å². The molecule has 152 valence electrons. The number of pyridine rings is 1. The maximum Gasteiger partial charge on any atom is 0.317 e. The van der Waals surface area contributed by atoms with Crippen molar-refractivity contribution in [2.24, 2.45) is 5.92 Å². The van der Waals surface area contributed by atoms with Crippen LogP contribution in [0.4, 0.5) is 4.79 Å². The molecule has 5 nitrogen and oxygen atoms in total. The minimum absolute atomic E-state index is 0.0782. The van der Waals surface area contributed by atoms with Crippen molar-refractivity contribution in [2.45, 2.75) is 57.0 Å². The Kier molecular flexibility index (Phi) is 4.90. The summed E-state index contributed by atoms with van der Waals surface area (Å²) in [6.45, 7) is 2.15. The fraction of sp³-hybridized carbons (Fsp3) is 0.500. The van der Waals surface area contributed by atoms with Crippen molar-refractivity contribution < 1.29 is 4.79 Å². The molecule has 1 saturated carbocycles. The monoisotopic (exact) mass is 391 g/mol. The zero-order valence-corrected chi connectivity index (χ0v) is 16.8. The smallest absolute Gasteiger partial charge is 0.317 e. The van der Waals surface area contributed by atoms with Crippen LogP contribution in [0, 0.1) is 5.92 Å². The molecule has 2 aliphatic heterocycles. The number of piperidine rings is 1. The summed E-state index contributed by atoms with van der Waals surface area (Å²) in [4.78, 5) is 27.6. The van der Waals surface area contributed by atoms with Crippen LogP contribution in [-0.2, 0) is 6.54 Å². The summed E-state index contributed by atoms with van der Waals surface area (Å²) in [6, 6.07) is 14.4. The van der Waals surface area contributed by atoms with Gasteiger partial charge in [-0.1, -0.05) is 49.6 Å². The Balaban J connectivity index is 1.43. The predicted molar refractivity (Wildman–Crippen MR) is 114 cm³/mol. The fourth-order valence-electron chi connectivity index (χ4n) is 5.56. The fourth-order valence-corrected chi connectivity index (χ4v) is 5.56. The van der Waals surface area contributed by atoms with Gasteiger partial charge in [-0.2, -0.15) is 0 Å². The third kappa shape index (κ3) is 3.59. The Morgan fingerprint density at radius 3 is 2.52 bits per heavy atom. The van der Waals surface area contributed by atoms with E-state index in [-0.39, 0.29) is 17.5 Å². The number of amides is 2. The molecule has 1 aromatic carbocycles. The van der Waals surface area contributed by atoms with Crippen LogP contribution in [0.5, 0.6) is 0 Å². The highest BCUT2D eigenvalue weighted by molar-refractivity contribution is 5.75. The number of nitrogens with one attached hydrogen (secondary N) is 1. The molecule has 2 atom stereocenters. The Hall–Kier alpha value is -2.56. The van der Waals surface area contributed by atoms with Gasteiger partial charge in [-0.3, -0.25) is 4.79 Å². The molecule has 2 bridgehead atoms. The average Bonchev–Trinajstić information content (AvgIpc) is 2.75. The lowest BCUT2D eigenvalue weighted by Crippen LogP contribution is -2.53. The molecule has 1 aliphatic carbocycles. The molecule has 29 heavy (non-hydrogen) atoms. The van der Waals surface area contributed by atoms with Gasteiger partial charge >= 0.3 is 6.03 Å². The van der Waals surface area contributed by atoms with E-state index in [1.54, 1.807) is 6.07 Å². The van der Waals surface area contributed by atoms with Crippen LogP contribution < -0.4 is 10.9 Å². The van der Waals surface area contributed by atoms with Gasteiger partial charge in [-0.05, 0) is 36.8 Å². The van der Waals surface area contributed by atoms with Crippen LogP contribution in [0.1, 0.15) is 50.1 Å². The largest absolute Gasteiger partial charge is 0.335 e. The molecule has 3 aliphatic rings. The van der Waals surface area contributed by atoms with Gasteiger partial charge in [0.1, 0.15) is 0 Å². The number of benzene rings is 1. The molecule has 0 radical (unpaired) electrons. The number of nitrogens with zero attached hydrogens (tertiary/aromatic N) is 2. The number of fused-ring (bicyclic) bond motifs is 4. The molecule has 2 amide bonds. The van der Waals surface area contributed by atoms with Crippen molar-refractivity contribution in [3.63, 3.8) is 0 Å². The van der Waals surface area contributed by atoms with Crippen LogP contribution >= 0.6 is 0 Å². The Labute approximate surface area is 171 Å². The average molecular weight is 392 g/mol. The Morgan fingerprint density at radius 1 is 0.931 bits per heavy atom. The topological polar surface area (TPSA) is 54.3 Å². The van der Waals surface area contributed by atoms with E-state index in [9.17, 15) is 9.59 Å². The minimum Gasteiger partial charge on any atom is -0.335 e. The third-order valence-corrected chi connectivity index (χ3v) is 6.89. The molecule has 0 unspecified atom stereocenters. The van der Waals surface area contributed by atoms with Gasteiger partial charge in [-0.25, -0.2) is 4.79 Å². The molecule has 1 aromatic heterocycles. The van der Waals surface area contributed by atoms with Gasteiger partial charge in [0.25, 0.3) is 5.56 Å². The van der Waals surface area contributed by atoms with Crippen molar-refractivity contribution in [3.05, 3.63) is 58.5 Å². The highest BCUT2D eigenvalue weighted by atomic mass is 16.2. The SMILES string of the molecule is O=C(NC1CCCCC1)N1C[C@@H]2C[C@H](C1)c1c(-c3ccccc3)ccc(=O)n1C2. The van der Waals surface area contributed by atoms with Gasteiger partial charge in [0.15, 0.2) is 0 Å². The normalized spacial score (nSPS) is 24.1. The summed E-state index contributed by atoms with van der Waals surface area (Å²) in [6.07, 6.45) is 6.97. The number of urea groups is 1. The van der Waals surface area contributed by atoms with E-state index in [2.05, 4.69) is 17.4 Å². The molecule has 5 rings (SSSR count). The highest BCUT2D eigenvalue weighted by Crippen LogP contribution is 2.39. The maximum atomic E-state index is 13.0. The second-order valence-electron chi connectivity index (χ2n) is 8.94. The van der Waals surface area contributed by atoms with Crippen LogP contribution in [0.2, 0.25) is 0 Å². The van der Waals surface area contributed by atoms with E-state index in [1.807, 2.05) is 33.7 Å². The van der Waals surface area contributed by atoms with E-state index in [0.29, 0.717) is 25.0 Å². The highest BCUT2D eigenvalue weighted by Gasteiger charge is 2.38. The summed E-state index contributed by atoms with van der Waals surface area (Å²) in [5, 5.41) is 3.28. The summed E-state index contributed by atoms with van der Waals surface area (Å²) < 4.78 is 1.97. The number of hydrogen-bond donors (Lipinski definition) is 1. The van der Waals surface area contributed by atoms with Crippen molar-refractivity contribution in [3.8, 4) is 11.1 Å². The third-order valence-electron chi connectivity index (χ3n) is 6.89. The maximum absolute atomic E-state index is 13.0. The first-order valence-corrected chi connectivity index (χ1v) is 11.0. The van der Waals surface area contributed by atoms with E-state index in [1.165, 1.54) is 19.3 Å². The van der Waals surface area contributed by atoms with Crippen molar-refractivity contribution in [2.75, 3.05) is 13.1 Å². The van der Waals surface area contributed by atoms with Crippen LogP contribution in [0.15, 0.2) is 47.3 Å². The quantitative estimate of drug-likeness (QED) is 0.842. The van der Waals surface area contributed by atoms with E-state index in [4.69, 9.17) is 0 Å². The first-order valence-electron chi connectivity index (χ1n) is 11.0. The Morgan fingerprint density at radius 2 is 1.72 bits per heavy atom. The first-order chi connectivity index (χ1) is 14.2. The lowest BCUT2D eigenvalue weighted by molar-refractivity contribution is 0.128. The van der Waals surface area contributed by atoms with E-state index in [0.717, 1.165) is 42.6 Å². The molecular formula is C24H29N3O2. The molecule has 2 fully saturated rings. The predicted octanol–water partition coefficient (Wildman–Crippen LogP) is 3.98. The van der Waals surface area contributed by atoms with Gasteiger partial charge in [-0.15, -0.1) is 0 Å². The van der Waals surface area contributed by atoms with E-state index < -0.39 is 0 Å². The van der Waals surface area contributed by atoms with E-state index >= 15 is 0 Å². The van der Waals surface area contributed by atoms with Gasteiger partial charge in [0.05, 0.1) is 0 Å². The summed E-state index contributed by atoms with van der Waals surface area (Å²) >= 11 is 0. The number of aromatic nitrogens is 1. The number of hydrogen-bond acceptors (Lipinski definition) is 2. The van der Waals surface area contributed by atoms with Crippen LogP contribution in [0.25, 0.3) is 11.1 Å². The van der Waals surface area contributed by atoms with Crippen LogP contribution in [0.3, 0.4) is 0 Å². The first kappa shape index (κ1) is 18.5. The lowest BCUT2D eigenvalue weighted by Gasteiger charge is -2.44. The van der Waals surface area contributed by atoms with Gasteiger partial charge < -0.3 is 14.8 Å². The second kappa shape index (κ2) is 7.69. The molecular weight excluding hydrogens is 362 g/mol. The Bertz CT molecular complexity index is 946. The number of carbonyl (C=O) groups is 1. The molecule has 3 heterocycles. The summed E-state index contributed by atoms with van der Waals surface area (Å²) in [5.41, 5.74) is 3.45. The van der Waals surface area contributed by atoms with Gasteiger partial charge in [0.2, 0.25) is 0 Å². The standard InChI is InChI=1S/C24H29N3O2/c28-22-12-11-21(18-7-3-1-4-8-18)23-19-13-17(15-27(22)23)14-26(16-19)24(29)25-20-9-5-2-6-10-20/h1,3-4,7-8,11-12,17,19-20H,2,5-6,9-10,13-16H2,(H,25,29)/t17-,19+/m0/s1. The minimum atomic E-state index is 0.0782. The molecule has 1 N–H and O–H groups in total. The molecule has 5 heteroatoms. The van der Waals surface area contributed by atoms with Crippen molar-refractivity contribution in [1.82, 2.24) is 14.8 Å². The molecule has 0 spiro atoms. The molecule has 1 saturated heterocycles. The number of likely N-dealkylation sites (tertiary alicyclic amines) is 1. The zero-order chi connectivity index (χ0) is 19.8. The van der Waals surface area contributed by atoms with Gasteiger partial charge in [0, 0.05) is 48.9 Å². The number of carbonyl (C=O) groups excluding carboxylic acids is 1. The summed E-state index contributed by atoms with van der Waals surface area (Å²) in [5.74, 6) is 0.561. The molecule has 2 aromatic rings.